The Balaban J connectivity index is 1.61. The number of hydrogen-bond donors (Lipinski definition) is 0. The number of para-hydroxylation sites is 2. The topological polar surface area (TPSA) is 34.1 Å². The number of fused-ring (bicyclic) bond motifs is 3. The molecule has 3 aromatic carbocycles. The van der Waals surface area contributed by atoms with Crippen molar-refractivity contribution in [2.75, 3.05) is 7.11 Å². The van der Waals surface area contributed by atoms with Crippen molar-refractivity contribution in [2.45, 2.75) is 25.6 Å². The Hall–Kier alpha value is -3.27. The van der Waals surface area contributed by atoms with Crippen LogP contribution >= 0.6 is 0 Å². The molecule has 0 bridgehead atoms. The largest absolute Gasteiger partial charge is 0.496 e. The number of ether oxygens (including phenoxy) is 2. The zero-order valence-electron chi connectivity index (χ0n) is 16.0. The van der Waals surface area contributed by atoms with Gasteiger partial charge in [-0.25, -0.2) is 5.01 Å². The van der Waals surface area contributed by atoms with Crippen LogP contribution in [-0.4, -0.2) is 17.8 Å². The second-order valence-electron chi connectivity index (χ2n) is 7.26. The van der Waals surface area contributed by atoms with Crippen molar-refractivity contribution in [3.05, 3.63) is 95.1 Å². The smallest absolute Gasteiger partial charge is 0.217 e. The maximum Gasteiger partial charge on any atom is 0.217 e. The van der Waals surface area contributed by atoms with Gasteiger partial charge in [0.05, 0.1) is 24.4 Å². The summed E-state index contributed by atoms with van der Waals surface area (Å²) in [6.07, 6.45) is 0.536. The lowest BCUT2D eigenvalue weighted by molar-refractivity contribution is -0.0203. The number of nitrogens with zero attached hydrogens (tertiary/aromatic N) is 2. The minimum absolute atomic E-state index is 0.149. The zero-order chi connectivity index (χ0) is 19.1. The molecule has 4 nitrogen and oxygen atoms in total. The summed E-state index contributed by atoms with van der Waals surface area (Å²) >= 11 is 0. The van der Waals surface area contributed by atoms with E-state index in [1.54, 1.807) is 7.11 Å². The van der Waals surface area contributed by atoms with Crippen molar-refractivity contribution in [3.8, 4) is 11.5 Å². The second-order valence-corrected chi connectivity index (χ2v) is 7.26. The predicted molar refractivity (Wildman–Crippen MR) is 110 cm³/mol. The molecule has 4 heteroatoms. The first-order chi connectivity index (χ1) is 13.7. The molecule has 0 aromatic heterocycles. The first-order valence-electron chi connectivity index (χ1n) is 9.56. The highest BCUT2D eigenvalue weighted by atomic mass is 16.5. The number of methoxy groups -OCH3 is 1. The summed E-state index contributed by atoms with van der Waals surface area (Å²) in [7, 11) is 1.69. The molecule has 0 saturated heterocycles. The van der Waals surface area contributed by atoms with Gasteiger partial charge in [0.1, 0.15) is 11.5 Å². The molecule has 0 amide bonds. The van der Waals surface area contributed by atoms with Crippen molar-refractivity contribution >= 4 is 5.71 Å². The van der Waals surface area contributed by atoms with Crippen LogP contribution in [0.15, 0.2) is 77.9 Å². The highest BCUT2D eigenvalue weighted by Crippen LogP contribution is 2.48. The number of hydrogen-bond acceptors (Lipinski definition) is 4. The maximum absolute atomic E-state index is 6.42. The van der Waals surface area contributed by atoms with Gasteiger partial charge in [-0.05, 0) is 30.7 Å². The molecule has 28 heavy (non-hydrogen) atoms. The highest BCUT2D eigenvalue weighted by molar-refractivity contribution is 6.02. The fourth-order valence-electron chi connectivity index (χ4n) is 4.03. The van der Waals surface area contributed by atoms with Crippen LogP contribution in [0, 0.1) is 6.92 Å². The Morgan fingerprint density at radius 2 is 1.64 bits per heavy atom. The van der Waals surface area contributed by atoms with Crippen LogP contribution in [-0.2, 0) is 0 Å². The van der Waals surface area contributed by atoms with Crippen molar-refractivity contribution in [1.29, 1.82) is 0 Å². The van der Waals surface area contributed by atoms with Crippen molar-refractivity contribution in [3.63, 3.8) is 0 Å². The van der Waals surface area contributed by atoms with E-state index in [4.69, 9.17) is 14.6 Å². The maximum atomic E-state index is 6.42. The van der Waals surface area contributed by atoms with Gasteiger partial charge >= 0.3 is 0 Å². The second kappa shape index (κ2) is 6.71. The molecule has 0 radical (unpaired) electrons. The van der Waals surface area contributed by atoms with Gasteiger partial charge in [0.15, 0.2) is 0 Å². The molecule has 2 aliphatic rings. The average Bonchev–Trinajstić information content (AvgIpc) is 3.19. The van der Waals surface area contributed by atoms with Gasteiger partial charge in [-0.15, -0.1) is 0 Å². The van der Waals surface area contributed by atoms with Crippen molar-refractivity contribution in [2.24, 2.45) is 5.10 Å². The summed E-state index contributed by atoms with van der Waals surface area (Å²) in [5, 5.41) is 7.10. The molecule has 0 saturated carbocycles. The van der Waals surface area contributed by atoms with Crippen molar-refractivity contribution in [1.82, 2.24) is 5.01 Å². The Morgan fingerprint density at radius 1 is 0.929 bits per heavy atom. The SMILES string of the molecule is COc1ccccc1[C@H]1Oc2ccccc2[C@H]2CC(c3ccc(C)cc3)=NN21. The Kier molecular flexibility index (Phi) is 4.05. The van der Waals surface area contributed by atoms with Crippen LogP contribution in [0.4, 0.5) is 0 Å². The lowest BCUT2D eigenvalue weighted by Gasteiger charge is -2.38. The van der Waals surface area contributed by atoms with Crippen LogP contribution in [0.3, 0.4) is 0 Å². The monoisotopic (exact) mass is 370 g/mol. The molecule has 0 spiro atoms. The molecule has 2 atom stereocenters. The number of rotatable bonds is 3. The third kappa shape index (κ3) is 2.73. The average molecular weight is 370 g/mol. The summed E-state index contributed by atoms with van der Waals surface area (Å²) in [5.41, 5.74) is 5.67. The molecule has 0 aliphatic carbocycles. The van der Waals surface area contributed by atoms with Gasteiger partial charge < -0.3 is 9.47 Å². The molecule has 0 fully saturated rings. The number of benzene rings is 3. The van der Waals surface area contributed by atoms with E-state index in [1.807, 2.05) is 36.4 Å². The molecule has 2 heterocycles. The van der Waals surface area contributed by atoms with E-state index >= 15 is 0 Å². The van der Waals surface area contributed by atoms with Crippen LogP contribution in [0.25, 0.3) is 0 Å². The lowest BCUT2D eigenvalue weighted by atomic mass is 9.95. The molecular weight excluding hydrogens is 348 g/mol. The fourth-order valence-corrected chi connectivity index (χ4v) is 4.03. The summed E-state index contributed by atoms with van der Waals surface area (Å²) in [6, 6.07) is 25.0. The number of hydrazone groups is 1. The fraction of sp³-hybridized carbons (Fsp3) is 0.208. The quantitative estimate of drug-likeness (QED) is 0.632. The van der Waals surface area contributed by atoms with E-state index in [9.17, 15) is 0 Å². The Morgan fingerprint density at radius 3 is 2.43 bits per heavy atom. The minimum atomic E-state index is -0.320. The van der Waals surface area contributed by atoms with E-state index in [0.717, 1.165) is 34.8 Å². The van der Waals surface area contributed by atoms with Gasteiger partial charge in [-0.1, -0.05) is 60.2 Å². The van der Waals surface area contributed by atoms with E-state index in [0.29, 0.717) is 0 Å². The third-order valence-electron chi connectivity index (χ3n) is 5.49. The van der Waals surface area contributed by atoms with Gasteiger partial charge in [0, 0.05) is 12.0 Å². The van der Waals surface area contributed by atoms with Gasteiger partial charge in [0.2, 0.25) is 6.23 Å². The predicted octanol–water partition coefficient (Wildman–Crippen LogP) is 5.25. The summed E-state index contributed by atoms with van der Waals surface area (Å²) in [5.74, 6) is 1.73. The van der Waals surface area contributed by atoms with E-state index in [-0.39, 0.29) is 12.3 Å². The first-order valence-corrected chi connectivity index (χ1v) is 9.56. The summed E-state index contributed by atoms with van der Waals surface area (Å²) < 4.78 is 12.0. The first kappa shape index (κ1) is 16.9. The highest BCUT2D eigenvalue weighted by Gasteiger charge is 2.41. The summed E-state index contributed by atoms with van der Waals surface area (Å²) in [4.78, 5) is 0. The van der Waals surface area contributed by atoms with Crippen LogP contribution in [0.5, 0.6) is 11.5 Å². The zero-order valence-corrected chi connectivity index (χ0v) is 16.0. The van der Waals surface area contributed by atoms with E-state index in [1.165, 1.54) is 11.1 Å². The molecular formula is C24H22N2O2. The van der Waals surface area contributed by atoms with Crippen molar-refractivity contribution < 1.29 is 9.47 Å². The number of aryl methyl sites for hydroxylation is 1. The molecule has 3 aromatic rings. The summed E-state index contributed by atoms with van der Waals surface area (Å²) in [6.45, 7) is 2.10. The molecule has 5 rings (SSSR count). The van der Waals surface area contributed by atoms with E-state index < -0.39 is 0 Å². The molecule has 140 valence electrons. The Bertz CT molecular complexity index is 1040. The standard InChI is InChI=1S/C24H22N2O2/c1-16-11-13-17(14-12-16)20-15-21-18-7-3-6-10-23(18)28-24(26(21)25-20)19-8-4-5-9-22(19)27-2/h3-14,21,24H,15H2,1-2H3/t21-,24-/m1/s1. The minimum Gasteiger partial charge on any atom is -0.496 e. The molecule has 0 N–H and O–H groups in total. The van der Waals surface area contributed by atoms with Crippen LogP contribution in [0.2, 0.25) is 0 Å². The van der Waals surface area contributed by atoms with Gasteiger partial charge in [-0.3, -0.25) is 0 Å². The van der Waals surface area contributed by atoms with Crippen LogP contribution in [0.1, 0.15) is 40.9 Å². The molecule has 0 unspecified atom stereocenters. The van der Waals surface area contributed by atoms with E-state index in [2.05, 4.69) is 48.3 Å². The normalized spacial score (nSPS) is 20.1. The lowest BCUT2D eigenvalue weighted by Crippen LogP contribution is -2.33. The van der Waals surface area contributed by atoms with Gasteiger partial charge in [0.25, 0.3) is 0 Å². The Labute approximate surface area is 165 Å². The van der Waals surface area contributed by atoms with Gasteiger partial charge in [-0.2, -0.15) is 5.10 Å². The third-order valence-corrected chi connectivity index (χ3v) is 5.49. The molecule has 2 aliphatic heterocycles. The van der Waals surface area contributed by atoms with Crippen LogP contribution < -0.4 is 9.47 Å².